The first-order chi connectivity index (χ1) is 9.31. The molecule has 2 rings (SSSR count). The second kappa shape index (κ2) is 6.80. The average Bonchev–Trinajstić information content (AvgIpc) is 2.45. The van der Waals surface area contributed by atoms with E-state index in [1.807, 2.05) is 0 Å². The summed E-state index contributed by atoms with van der Waals surface area (Å²) in [6, 6.07) is 7.05. The Kier molecular flexibility index (Phi) is 4.80. The summed E-state index contributed by atoms with van der Waals surface area (Å²) in [5, 5.41) is 0.331. The van der Waals surface area contributed by atoms with Crippen LogP contribution in [0.25, 0.3) is 0 Å². The summed E-state index contributed by atoms with van der Waals surface area (Å²) in [7, 11) is 1.57. The second-order valence-corrected chi connectivity index (χ2v) is 3.86. The molecule has 2 aromatic rings. The summed E-state index contributed by atoms with van der Waals surface area (Å²) in [6.07, 6.45) is 3.24. The maximum absolute atomic E-state index is 5.86. The fraction of sp³-hybridized carbons (Fsp3) is 0.231. The van der Waals surface area contributed by atoms with E-state index in [0.717, 1.165) is 0 Å². The first-order valence-electron chi connectivity index (χ1n) is 5.66. The van der Waals surface area contributed by atoms with Crippen molar-refractivity contribution in [1.29, 1.82) is 0 Å². The molecule has 100 valence electrons. The lowest BCUT2D eigenvalue weighted by atomic mass is 10.4. The highest BCUT2D eigenvalue weighted by atomic mass is 35.5. The number of pyridine rings is 2. The summed E-state index contributed by atoms with van der Waals surface area (Å²) >= 11 is 5.86. The summed E-state index contributed by atoms with van der Waals surface area (Å²) < 4.78 is 16.0. The van der Waals surface area contributed by atoms with Crippen molar-refractivity contribution in [1.82, 2.24) is 9.97 Å². The molecule has 0 aliphatic heterocycles. The minimum atomic E-state index is 0.331. The number of methoxy groups -OCH3 is 1. The van der Waals surface area contributed by atoms with Crippen LogP contribution in [-0.4, -0.2) is 30.3 Å². The van der Waals surface area contributed by atoms with Crippen LogP contribution >= 0.6 is 11.6 Å². The van der Waals surface area contributed by atoms with E-state index in [2.05, 4.69) is 9.97 Å². The molecule has 0 bridgehead atoms. The van der Waals surface area contributed by atoms with Crippen molar-refractivity contribution in [3.63, 3.8) is 0 Å². The van der Waals surface area contributed by atoms with E-state index in [1.54, 1.807) is 43.8 Å². The van der Waals surface area contributed by atoms with Crippen LogP contribution in [0.3, 0.4) is 0 Å². The van der Waals surface area contributed by atoms with Crippen LogP contribution in [0.5, 0.6) is 17.4 Å². The fourth-order valence-electron chi connectivity index (χ4n) is 1.41. The normalized spacial score (nSPS) is 10.0. The zero-order valence-electron chi connectivity index (χ0n) is 10.4. The molecule has 0 aromatic carbocycles. The molecule has 2 aromatic heterocycles. The topological polar surface area (TPSA) is 53.5 Å². The van der Waals surface area contributed by atoms with Gasteiger partial charge in [-0.05, 0) is 24.3 Å². The van der Waals surface area contributed by atoms with Gasteiger partial charge in [0.15, 0.2) is 16.7 Å². The van der Waals surface area contributed by atoms with Crippen molar-refractivity contribution in [3.8, 4) is 17.4 Å². The summed E-state index contributed by atoms with van der Waals surface area (Å²) in [5.41, 5.74) is 0. The quantitative estimate of drug-likeness (QED) is 0.601. The predicted octanol–water partition coefficient (Wildman–Crippen LogP) is 2.60. The molecule has 0 spiro atoms. The van der Waals surface area contributed by atoms with E-state index in [0.29, 0.717) is 35.7 Å². The molecular formula is C13H13ClN2O3. The van der Waals surface area contributed by atoms with E-state index in [9.17, 15) is 0 Å². The van der Waals surface area contributed by atoms with E-state index in [4.69, 9.17) is 25.8 Å². The third-order valence-corrected chi connectivity index (χ3v) is 2.54. The van der Waals surface area contributed by atoms with Crippen LogP contribution in [-0.2, 0) is 0 Å². The van der Waals surface area contributed by atoms with E-state index < -0.39 is 0 Å². The highest BCUT2D eigenvalue weighted by molar-refractivity contribution is 6.30. The smallest absolute Gasteiger partial charge is 0.257 e. The number of ether oxygens (including phenoxy) is 3. The third-order valence-electron chi connectivity index (χ3n) is 2.26. The molecule has 0 aliphatic carbocycles. The first kappa shape index (κ1) is 13.4. The van der Waals surface area contributed by atoms with Gasteiger partial charge in [0.05, 0.1) is 7.11 Å². The van der Waals surface area contributed by atoms with Crippen LogP contribution in [0.15, 0.2) is 36.7 Å². The standard InChI is InChI=1S/C13H13ClN2O3/c1-17-11-5-3-7-16-13(11)19-9-8-18-10-4-2-6-15-12(10)14/h2-7H,8-9H2,1H3. The van der Waals surface area contributed by atoms with Gasteiger partial charge in [0.1, 0.15) is 13.2 Å². The molecule has 0 atom stereocenters. The number of halogens is 1. The monoisotopic (exact) mass is 280 g/mol. The van der Waals surface area contributed by atoms with Crippen molar-refractivity contribution >= 4 is 11.6 Å². The van der Waals surface area contributed by atoms with E-state index in [1.165, 1.54) is 0 Å². The van der Waals surface area contributed by atoms with Crippen LogP contribution < -0.4 is 14.2 Å². The Morgan fingerprint density at radius 1 is 1.00 bits per heavy atom. The number of hydrogen-bond acceptors (Lipinski definition) is 5. The molecule has 0 saturated carbocycles. The minimum absolute atomic E-state index is 0.331. The van der Waals surface area contributed by atoms with Gasteiger partial charge in [-0.3, -0.25) is 0 Å². The second-order valence-electron chi connectivity index (χ2n) is 3.50. The molecule has 0 fully saturated rings. The Bertz CT molecular complexity index is 537. The van der Waals surface area contributed by atoms with Gasteiger partial charge < -0.3 is 14.2 Å². The van der Waals surface area contributed by atoms with Gasteiger partial charge in [-0.25, -0.2) is 9.97 Å². The summed E-state index contributed by atoms with van der Waals surface area (Å²) in [5.74, 6) is 1.55. The highest BCUT2D eigenvalue weighted by Crippen LogP contribution is 2.23. The minimum Gasteiger partial charge on any atom is -0.491 e. The van der Waals surface area contributed by atoms with Crippen molar-refractivity contribution in [3.05, 3.63) is 41.8 Å². The highest BCUT2D eigenvalue weighted by Gasteiger charge is 2.05. The van der Waals surface area contributed by atoms with Crippen molar-refractivity contribution in [2.45, 2.75) is 0 Å². The Labute approximate surface area is 116 Å². The van der Waals surface area contributed by atoms with Crippen LogP contribution in [0.4, 0.5) is 0 Å². The summed E-state index contributed by atoms with van der Waals surface area (Å²) in [4.78, 5) is 7.98. The van der Waals surface area contributed by atoms with Crippen molar-refractivity contribution in [2.75, 3.05) is 20.3 Å². The molecule has 0 radical (unpaired) electrons. The number of hydrogen-bond donors (Lipinski definition) is 0. The molecule has 19 heavy (non-hydrogen) atoms. The molecule has 0 N–H and O–H groups in total. The van der Waals surface area contributed by atoms with Gasteiger partial charge in [0.2, 0.25) is 0 Å². The SMILES string of the molecule is COc1cccnc1OCCOc1cccnc1Cl. The van der Waals surface area contributed by atoms with Gasteiger partial charge in [0.25, 0.3) is 5.88 Å². The molecule has 0 saturated heterocycles. The van der Waals surface area contributed by atoms with Crippen molar-refractivity contribution < 1.29 is 14.2 Å². The van der Waals surface area contributed by atoms with Gasteiger partial charge in [-0.1, -0.05) is 11.6 Å². The van der Waals surface area contributed by atoms with Crippen molar-refractivity contribution in [2.24, 2.45) is 0 Å². The van der Waals surface area contributed by atoms with Crippen LogP contribution in [0, 0.1) is 0 Å². The molecular weight excluding hydrogens is 268 g/mol. The summed E-state index contributed by atoms with van der Waals surface area (Å²) in [6.45, 7) is 0.670. The molecule has 0 aliphatic rings. The fourth-order valence-corrected chi connectivity index (χ4v) is 1.58. The van der Waals surface area contributed by atoms with E-state index in [-0.39, 0.29) is 0 Å². The zero-order valence-corrected chi connectivity index (χ0v) is 11.1. The van der Waals surface area contributed by atoms with E-state index >= 15 is 0 Å². The first-order valence-corrected chi connectivity index (χ1v) is 6.04. The molecule has 0 amide bonds. The average molecular weight is 281 g/mol. The van der Waals surface area contributed by atoms with Gasteiger partial charge in [-0.15, -0.1) is 0 Å². The lowest BCUT2D eigenvalue weighted by Crippen LogP contribution is -2.10. The number of rotatable bonds is 6. The Balaban J connectivity index is 1.83. The largest absolute Gasteiger partial charge is 0.491 e. The Hall–Kier alpha value is -2.01. The Morgan fingerprint density at radius 2 is 1.68 bits per heavy atom. The maximum atomic E-state index is 5.86. The van der Waals surface area contributed by atoms with Gasteiger partial charge in [0, 0.05) is 12.4 Å². The lowest BCUT2D eigenvalue weighted by molar-refractivity contribution is 0.205. The van der Waals surface area contributed by atoms with Gasteiger partial charge in [-0.2, -0.15) is 0 Å². The molecule has 5 nitrogen and oxygen atoms in total. The van der Waals surface area contributed by atoms with Crippen LogP contribution in [0.2, 0.25) is 5.15 Å². The molecule has 2 heterocycles. The molecule has 0 unspecified atom stereocenters. The maximum Gasteiger partial charge on any atom is 0.257 e. The number of aromatic nitrogens is 2. The Morgan fingerprint density at radius 3 is 2.42 bits per heavy atom. The third kappa shape index (κ3) is 3.72. The lowest BCUT2D eigenvalue weighted by Gasteiger charge is -2.10. The predicted molar refractivity (Wildman–Crippen MR) is 71.0 cm³/mol. The zero-order chi connectivity index (χ0) is 13.5. The molecule has 6 heteroatoms. The number of nitrogens with zero attached hydrogens (tertiary/aromatic N) is 2. The van der Waals surface area contributed by atoms with Gasteiger partial charge >= 0.3 is 0 Å². The van der Waals surface area contributed by atoms with Crippen LogP contribution in [0.1, 0.15) is 0 Å².